The number of nitrogens with zero attached hydrogens (tertiary/aromatic N) is 1. The van der Waals surface area contributed by atoms with E-state index in [1.807, 2.05) is 4.90 Å². The Morgan fingerprint density at radius 1 is 1.08 bits per heavy atom. The molecule has 2 heterocycles. The van der Waals surface area contributed by atoms with Gasteiger partial charge < -0.3 is 14.6 Å². The van der Waals surface area contributed by atoms with Gasteiger partial charge in [0.2, 0.25) is 0 Å². The molecule has 24 heavy (non-hydrogen) atoms. The number of carbonyl (C=O) groups is 2. The number of anilines is 1. The Kier molecular flexibility index (Phi) is 4.90. The minimum absolute atomic E-state index is 0.0317. The van der Waals surface area contributed by atoms with E-state index in [0.717, 1.165) is 25.9 Å². The summed E-state index contributed by atoms with van der Waals surface area (Å²) >= 11 is 5.16. The number of carbonyl (C=O) groups excluding carboxylic acids is 2. The average molecular weight is 343 g/mol. The molecule has 2 N–H and O–H groups in total. The maximum atomic E-state index is 12.6. The van der Waals surface area contributed by atoms with E-state index >= 15 is 0 Å². The summed E-state index contributed by atoms with van der Waals surface area (Å²) < 4.78 is 5.02. The molecule has 7 heteroatoms. The van der Waals surface area contributed by atoms with Crippen LogP contribution in [0.2, 0.25) is 0 Å². The summed E-state index contributed by atoms with van der Waals surface area (Å²) in [7, 11) is 0. The molecule has 0 unspecified atom stereocenters. The third-order valence-electron chi connectivity index (χ3n) is 3.77. The third kappa shape index (κ3) is 3.62. The lowest BCUT2D eigenvalue weighted by molar-refractivity contribution is 0.0793. The molecular formula is C17H17N3O3S. The van der Waals surface area contributed by atoms with E-state index in [4.69, 9.17) is 16.6 Å². The Labute approximate surface area is 144 Å². The zero-order valence-electron chi connectivity index (χ0n) is 13.0. The number of para-hydroxylation sites is 1. The summed E-state index contributed by atoms with van der Waals surface area (Å²) in [5, 5.41) is 5.56. The number of thiocarbonyl (C=S) groups is 1. The normalized spacial score (nSPS) is 13.6. The minimum Gasteiger partial charge on any atom is -0.459 e. The highest BCUT2D eigenvalue weighted by Gasteiger charge is 2.22. The molecular weight excluding hydrogens is 326 g/mol. The van der Waals surface area contributed by atoms with Crippen molar-refractivity contribution in [3.05, 3.63) is 54.0 Å². The van der Waals surface area contributed by atoms with Crippen LogP contribution in [0.15, 0.2) is 47.1 Å². The highest BCUT2D eigenvalue weighted by molar-refractivity contribution is 7.80. The smallest absolute Gasteiger partial charge is 0.293 e. The molecule has 1 saturated heterocycles. The standard InChI is InChI=1S/C17H17N3O3S/c21-15(14-8-5-11-23-14)19-17(24)18-13-7-2-1-6-12(13)16(22)20-9-3-4-10-20/h1-2,5-8,11H,3-4,9-10H2,(H2,18,19,21,24). The van der Waals surface area contributed by atoms with Crippen LogP contribution in [0.1, 0.15) is 33.8 Å². The van der Waals surface area contributed by atoms with Crippen LogP contribution in [0.4, 0.5) is 5.69 Å². The number of nitrogens with one attached hydrogen (secondary N) is 2. The predicted octanol–water partition coefficient (Wildman–Crippen LogP) is 2.64. The van der Waals surface area contributed by atoms with E-state index in [2.05, 4.69) is 10.6 Å². The quantitative estimate of drug-likeness (QED) is 0.838. The van der Waals surface area contributed by atoms with Gasteiger partial charge in [-0.05, 0) is 49.3 Å². The Hall–Kier alpha value is -2.67. The summed E-state index contributed by atoms with van der Waals surface area (Å²) in [5.74, 6) is -0.308. The molecule has 0 atom stereocenters. The Morgan fingerprint density at radius 2 is 1.83 bits per heavy atom. The summed E-state index contributed by atoms with van der Waals surface area (Å²) in [6.07, 6.45) is 3.47. The molecule has 0 bridgehead atoms. The highest BCUT2D eigenvalue weighted by atomic mass is 32.1. The molecule has 6 nitrogen and oxygen atoms in total. The Balaban J connectivity index is 1.69. The van der Waals surface area contributed by atoms with Gasteiger partial charge in [0, 0.05) is 13.1 Å². The number of benzene rings is 1. The second-order valence-electron chi connectivity index (χ2n) is 5.43. The summed E-state index contributed by atoms with van der Waals surface area (Å²) in [6.45, 7) is 1.54. The topological polar surface area (TPSA) is 74.6 Å². The molecule has 3 rings (SSSR count). The van der Waals surface area contributed by atoms with E-state index < -0.39 is 5.91 Å². The molecule has 0 saturated carbocycles. The van der Waals surface area contributed by atoms with Gasteiger partial charge in [0.05, 0.1) is 17.5 Å². The first kappa shape index (κ1) is 16.2. The minimum atomic E-state index is -0.444. The van der Waals surface area contributed by atoms with Gasteiger partial charge in [-0.25, -0.2) is 0 Å². The van der Waals surface area contributed by atoms with Crippen LogP contribution < -0.4 is 10.6 Å². The van der Waals surface area contributed by atoms with Crippen molar-refractivity contribution in [2.45, 2.75) is 12.8 Å². The number of hydrogen-bond donors (Lipinski definition) is 2. The highest BCUT2D eigenvalue weighted by Crippen LogP contribution is 2.20. The zero-order valence-corrected chi connectivity index (χ0v) is 13.8. The molecule has 0 radical (unpaired) electrons. The van der Waals surface area contributed by atoms with Crippen molar-refractivity contribution in [3.8, 4) is 0 Å². The van der Waals surface area contributed by atoms with Gasteiger partial charge in [-0.1, -0.05) is 12.1 Å². The number of likely N-dealkylation sites (tertiary alicyclic amines) is 1. The lowest BCUT2D eigenvalue weighted by Crippen LogP contribution is -2.35. The molecule has 1 aromatic heterocycles. The molecule has 124 valence electrons. The van der Waals surface area contributed by atoms with Crippen LogP contribution in [0.3, 0.4) is 0 Å². The molecule has 2 aromatic rings. The predicted molar refractivity (Wildman–Crippen MR) is 94.0 cm³/mol. The lowest BCUT2D eigenvalue weighted by Gasteiger charge is -2.18. The maximum Gasteiger partial charge on any atom is 0.293 e. The van der Waals surface area contributed by atoms with E-state index in [1.165, 1.54) is 6.26 Å². The van der Waals surface area contributed by atoms with Gasteiger partial charge in [-0.2, -0.15) is 0 Å². The van der Waals surface area contributed by atoms with Crippen molar-refractivity contribution >= 4 is 34.8 Å². The van der Waals surface area contributed by atoms with Crippen LogP contribution >= 0.6 is 12.2 Å². The van der Waals surface area contributed by atoms with Crippen LogP contribution in [0, 0.1) is 0 Å². The van der Waals surface area contributed by atoms with Crippen molar-refractivity contribution in [1.29, 1.82) is 0 Å². The fourth-order valence-corrected chi connectivity index (χ4v) is 2.80. The van der Waals surface area contributed by atoms with Crippen molar-refractivity contribution in [2.24, 2.45) is 0 Å². The molecule has 2 amide bonds. The van der Waals surface area contributed by atoms with Crippen molar-refractivity contribution in [3.63, 3.8) is 0 Å². The van der Waals surface area contributed by atoms with Gasteiger partial charge in [0.15, 0.2) is 10.9 Å². The largest absolute Gasteiger partial charge is 0.459 e. The first-order valence-corrected chi connectivity index (χ1v) is 8.10. The van der Waals surface area contributed by atoms with Crippen molar-refractivity contribution < 1.29 is 14.0 Å². The first-order chi connectivity index (χ1) is 11.6. The van der Waals surface area contributed by atoms with Crippen LogP contribution in [0.25, 0.3) is 0 Å². The van der Waals surface area contributed by atoms with E-state index in [0.29, 0.717) is 11.3 Å². The number of amides is 2. The van der Waals surface area contributed by atoms with E-state index in [9.17, 15) is 9.59 Å². The zero-order chi connectivity index (χ0) is 16.9. The fourth-order valence-electron chi connectivity index (χ4n) is 2.60. The fraction of sp³-hybridized carbons (Fsp3) is 0.235. The molecule has 1 fully saturated rings. The van der Waals surface area contributed by atoms with Crippen LogP contribution in [-0.4, -0.2) is 34.9 Å². The first-order valence-electron chi connectivity index (χ1n) is 7.69. The van der Waals surface area contributed by atoms with Gasteiger partial charge in [0.25, 0.3) is 11.8 Å². The maximum absolute atomic E-state index is 12.6. The second-order valence-corrected chi connectivity index (χ2v) is 5.84. The second kappa shape index (κ2) is 7.27. The number of furan rings is 1. The van der Waals surface area contributed by atoms with E-state index in [1.54, 1.807) is 36.4 Å². The molecule has 1 aliphatic heterocycles. The number of rotatable bonds is 3. The Morgan fingerprint density at radius 3 is 2.54 bits per heavy atom. The average Bonchev–Trinajstić information content (AvgIpc) is 3.28. The molecule has 1 aromatic carbocycles. The SMILES string of the molecule is O=C(NC(=S)Nc1ccccc1C(=O)N1CCCC1)c1ccco1. The van der Waals surface area contributed by atoms with Crippen molar-refractivity contribution in [2.75, 3.05) is 18.4 Å². The van der Waals surface area contributed by atoms with Gasteiger partial charge in [-0.15, -0.1) is 0 Å². The van der Waals surface area contributed by atoms with Gasteiger partial charge in [0.1, 0.15) is 0 Å². The van der Waals surface area contributed by atoms with E-state index in [-0.39, 0.29) is 16.8 Å². The summed E-state index contributed by atoms with van der Waals surface area (Å²) in [5.41, 5.74) is 1.10. The van der Waals surface area contributed by atoms with Crippen LogP contribution in [-0.2, 0) is 0 Å². The summed E-state index contributed by atoms with van der Waals surface area (Å²) in [4.78, 5) is 26.3. The van der Waals surface area contributed by atoms with Gasteiger partial charge >= 0.3 is 0 Å². The molecule has 1 aliphatic rings. The Bertz CT molecular complexity index is 752. The monoisotopic (exact) mass is 343 g/mol. The van der Waals surface area contributed by atoms with Crippen molar-refractivity contribution in [1.82, 2.24) is 10.2 Å². The van der Waals surface area contributed by atoms with Crippen LogP contribution in [0.5, 0.6) is 0 Å². The van der Waals surface area contributed by atoms with Gasteiger partial charge in [-0.3, -0.25) is 14.9 Å². The summed E-state index contributed by atoms with van der Waals surface area (Å²) in [6, 6.07) is 10.3. The number of hydrogen-bond acceptors (Lipinski definition) is 4. The molecule has 0 spiro atoms. The lowest BCUT2D eigenvalue weighted by atomic mass is 10.1. The third-order valence-corrected chi connectivity index (χ3v) is 3.98. The molecule has 0 aliphatic carbocycles.